The number of benzene rings is 1. The maximum Gasteiger partial charge on any atom is 0.303 e. The van der Waals surface area contributed by atoms with Gasteiger partial charge in [0.25, 0.3) is 0 Å². The number of carbonyl (C=O) groups is 2. The molecule has 1 aromatic rings. The lowest BCUT2D eigenvalue weighted by molar-refractivity contribution is -0.138. The highest BCUT2D eigenvalue weighted by Gasteiger charge is 2.45. The minimum atomic E-state index is -0.839. The van der Waals surface area contributed by atoms with Gasteiger partial charge >= 0.3 is 5.97 Å². The Morgan fingerprint density at radius 1 is 1.29 bits per heavy atom. The van der Waals surface area contributed by atoms with E-state index >= 15 is 0 Å². The Labute approximate surface area is 133 Å². The van der Waals surface area contributed by atoms with Gasteiger partial charge < -0.3 is 10.0 Å². The molecule has 0 saturated heterocycles. The topological polar surface area (TPSA) is 57.6 Å². The van der Waals surface area contributed by atoms with E-state index in [2.05, 4.69) is 0 Å². The van der Waals surface area contributed by atoms with E-state index in [9.17, 15) is 9.59 Å². The van der Waals surface area contributed by atoms with E-state index < -0.39 is 5.97 Å². The minimum Gasteiger partial charge on any atom is -0.481 e. The summed E-state index contributed by atoms with van der Waals surface area (Å²) >= 11 is 11.9. The van der Waals surface area contributed by atoms with Crippen molar-refractivity contribution < 1.29 is 14.7 Å². The Bertz CT molecular complexity index is 542. The number of nitrogens with zero attached hydrogens (tertiary/aromatic N) is 1. The molecule has 2 atom stereocenters. The molecule has 2 unspecified atom stereocenters. The summed E-state index contributed by atoms with van der Waals surface area (Å²) in [7, 11) is 1.71. The van der Waals surface area contributed by atoms with Crippen LogP contribution in [0, 0.1) is 5.92 Å². The van der Waals surface area contributed by atoms with Crippen LogP contribution in [-0.4, -0.2) is 35.5 Å². The largest absolute Gasteiger partial charge is 0.481 e. The first-order valence-corrected chi connectivity index (χ1v) is 7.57. The first kappa shape index (κ1) is 16.1. The van der Waals surface area contributed by atoms with E-state index in [0.717, 1.165) is 12.0 Å². The van der Waals surface area contributed by atoms with Gasteiger partial charge in [0, 0.05) is 36.0 Å². The summed E-state index contributed by atoms with van der Waals surface area (Å²) in [5.41, 5.74) is 0.991. The Morgan fingerprint density at radius 2 is 1.90 bits per heavy atom. The van der Waals surface area contributed by atoms with Crippen LogP contribution >= 0.6 is 23.2 Å². The molecule has 0 bridgehead atoms. The van der Waals surface area contributed by atoms with E-state index in [1.165, 1.54) is 0 Å². The third-order valence-electron chi connectivity index (χ3n) is 3.68. The summed E-state index contributed by atoms with van der Waals surface area (Å²) in [4.78, 5) is 24.3. The molecule has 0 heterocycles. The number of carboxylic acids is 1. The number of carboxylic acid groups (broad SMARTS) is 1. The van der Waals surface area contributed by atoms with Crippen molar-refractivity contribution in [2.24, 2.45) is 5.92 Å². The van der Waals surface area contributed by atoms with Crippen LogP contribution in [0.1, 0.15) is 30.7 Å². The highest BCUT2D eigenvalue weighted by atomic mass is 35.5. The Balaban J connectivity index is 1.89. The second-order valence-electron chi connectivity index (χ2n) is 5.41. The standard InChI is InChI=1S/C15H17Cl2NO3/c1-18(4-2-3-14(19)20)15(21)13-8-12(13)9-5-10(16)7-11(17)6-9/h5-7,12-13H,2-4,8H2,1H3,(H,19,20). The third-order valence-corrected chi connectivity index (χ3v) is 4.12. The summed E-state index contributed by atoms with van der Waals surface area (Å²) in [6.45, 7) is 0.463. The van der Waals surface area contributed by atoms with Crippen LogP contribution in [0.5, 0.6) is 0 Å². The van der Waals surface area contributed by atoms with Crippen LogP contribution in [-0.2, 0) is 9.59 Å². The molecule has 1 aliphatic rings. The van der Waals surface area contributed by atoms with E-state index in [4.69, 9.17) is 28.3 Å². The van der Waals surface area contributed by atoms with Gasteiger partial charge in [0.1, 0.15) is 0 Å². The fourth-order valence-corrected chi connectivity index (χ4v) is 3.03. The summed E-state index contributed by atoms with van der Waals surface area (Å²) in [6, 6.07) is 5.36. The van der Waals surface area contributed by atoms with Crippen molar-refractivity contribution in [1.29, 1.82) is 0 Å². The summed E-state index contributed by atoms with van der Waals surface area (Å²) in [6.07, 6.45) is 1.34. The molecule has 0 spiro atoms. The second kappa shape index (κ2) is 6.67. The highest BCUT2D eigenvalue weighted by Crippen LogP contribution is 2.49. The third kappa shape index (κ3) is 4.35. The van der Waals surface area contributed by atoms with Gasteiger partial charge in [-0.05, 0) is 42.5 Å². The molecule has 1 fully saturated rings. The Morgan fingerprint density at radius 3 is 2.48 bits per heavy atom. The monoisotopic (exact) mass is 329 g/mol. The normalized spacial score (nSPS) is 20.1. The van der Waals surface area contributed by atoms with Crippen LogP contribution in [0.4, 0.5) is 0 Å². The smallest absolute Gasteiger partial charge is 0.303 e. The van der Waals surface area contributed by atoms with Gasteiger partial charge in [0.15, 0.2) is 0 Å². The second-order valence-corrected chi connectivity index (χ2v) is 6.28. The molecule has 0 aromatic heterocycles. The van der Waals surface area contributed by atoms with Gasteiger partial charge in [-0.15, -0.1) is 0 Å². The molecule has 1 saturated carbocycles. The van der Waals surface area contributed by atoms with Crippen molar-refractivity contribution in [1.82, 2.24) is 4.90 Å². The zero-order chi connectivity index (χ0) is 15.6. The first-order valence-electron chi connectivity index (χ1n) is 6.81. The van der Waals surface area contributed by atoms with Crippen LogP contribution in [0.15, 0.2) is 18.2 Å². The molecular weight excluding hydrogens is 313 g/mol. The predicted molar refractivity (Wildman–Crippen MR) is 81.8 cm³/mol. The number of hydrogen-bond acceptors (Lipinski definition) is 2. The molecule has 1 amide bonds. The summed E-state index contributed by atoms with van der Waals surface area (Å²) in [5.74, 6) is -0.666. The molecule has 4 nitrogen and oxygen atoms in total. The van der Waals surface area contributed by atoms with Gasteiger partial charge in [0.05, 0.1) is 0 Å². The predicted octanol–water partition coefficient (Wildman–Crippen LogP) is 3.42. The number of hydrogen-bond donors (Lipinski definition) is 1. The molecule has 1 aromatic carbocycles. The maximum atomic E-state index is 12.2. The van der Waals surface area contributed by atoms with E-state index in [-0.39, 0.29) is 24.2 Å². The molecular formula is C15H17Cl2NO3. The fourth-order valence-electron chi connectivity index (χ4n) is 2.49. The van der Waals surface area contributed by atoms with Crippen molar-refractivity contribution >= 4 is 35.1 Å². The lowest BCUT2D eigenvalue weighted by atomic mass is 10.1. The Kier molecular flexibility index (Phi) is 5.12. The number of aliphatic carboxylic acids is 1. The van der Waals surface area contributed by atoms with Gasteiger partial charge in [-0.2, -0.15) is 0 Å². The van der Waals surface area contributed by atoms with Crippen LogP contribution in [0.2, 0.25) is 10.0 Å². The molecule has 6 heteroatoms. The fraction of sp³-hybridized carbons (Fsp3) is 0.467. The van der Waals surface area contributed by atoms with Gasteiger partial charge in [-0.3, -0.25) is 9.59 Å². The number of amides is 1. The molecule has 1 N–H and O–H groups in total. The average molecular weight is 330 g/mol. The van der Waals surface area contributed by atoms with Crippen LogP contribution in [0.25, 0.3) is 0 Å². The quantitative estimate of drug-likeness (QED) is 0.869. The van der Waals surface area contributed by atoms with E-state index in [1.54, 1.807) is 18.0 Å². The molecule has 114 valence electrons. The van der Waals surface area contributed by atoms with Crippen molar-refractivity contribution in [2.45, 2.75) is 25.2 Å². The van der Waals surface area contributed by atoms with Crippen molar-refractivity contribution in [3.63, 3.8) is 0 Å². The zero-order valence-corrected chi connectivity index (χ0v) is 13.2. The molecule has 2 rings (SSSR count). The number of carbonyl (C=O) groups excluding carboxylic acids is 1. The number of halogens is 2. The van der Waals surface area contributed by atoms with E-state index in [0.29, 0.717) is 23.0 Å². The van der Waals surface area contributed by atoms with Crippen molar-refractivity contribution in [3.05, 3.63) is 33.8 Å². The molecule has 21 heavy (non-hydrogen) atoms. The maximum absolute atomic E-state index is 12.2. The lowest BCUT2D eigenvalue weighted by Crippen LogP contribution is -2.29. The zero-order valence-electron chi connectivity index (χ0n) is 11.7. The highest BCUT2D eigenvalue weighted by molar-refractivity contribution is 6.34. The minimum absolute atomic E-state index is 0.0469. The van der Waals surface area contributed by atoms with Gasteiger partial charge in [-0.1, -0.05) is 23.2 Å². The van der Waals surface area contributed by atoms with Crippen molar-refractivity contribution in [2.75, 3.05) is 13.6 Å². The molecule has 0 aliphatic heterocycles. The van der Waals surface area contributed by atoms with E-state index in [1.807, 2.05) is 12.1 Å². The molecule has 1 aliphatic carbocycles. The average Bonchev–Trinajstić information content (AvgIpc) is 3.16. The van der Waals surface area contributed by atoms with Crippen molar-refractivity contribution in [3.8, 4) is 0 Å². The first-order chi connectivity index (χ1) is 9.88. The summed E-state index contributed by atoms with van der Waals surface area (Å²) < 4.78 is 0. The SMILES string of the molecule is CN(CCCC(=O)O)C(=O)C1CC1c1cc(Cl)cc(Cl)c1. The van der Waals surface area contributed by atoms with Gasteiger partial charge in [0.2, 0.25) is 5.91 Å². The van der Waals surface area contributed by atoms with Crippen LogP contribution < -0.4 is 0 Å². The molecule has 0 radical (unpaired) electrons. The van der Waals surface area contributed by atoms with Gasteiger partial charge in [-0.25, -0.2) is 0 Å². The van der Waals surface area contributed by atoms with Crippen LogP contribution in [0.3, 0.4) is 0 Å². The number of rotatable bonds is 6. The Hall–Kier alpha value is -1.26. The summed E-state index contributed by atoms with van der Waals surface area (Å²) in [5, 5.41) is 9.75. The lowest BCUT2D eigenvalue weighted by Gasteiger charge is -2.16.